The average Bonchev–Trinajstić information content (AvgIpc) is 3.09. The lowest BCUT2D eigenvalue weighted by Gasteiger charge is -2.23. The van der Waals surface area contributed by atoms with Crippen LogP contribution in [0.3, 0.4) is 0 Å². The van der Waals surface area contributed by atoms with Crippen molar-refractivity contribution in [3.05, 3.63) is 45.9 Å². The van der Waals surface area contributed by atoms with Gasteiger partial charge in [0.1, 0.15) is 5.69 Å². The molecule has 0 aliphatic heterocycles. The molecule has 0 aromatic carbocycles. The number of likely N-dealkylation sites (N-methyl/N-ethyl adjacent to an activating group) is 1. The van der Waals surface area contributed by atoms with Crippen LogP contribution in [0, 0.1) is 0 Å². The first kappa shape index (κ1) is 15.5. The second-order valence-electron chi connectivity index (χ2n) is 5.10. The Hall–Kier alpha value is -1.92. The van der Waals surface area contributed by atoms with Crippen molar-refractivity contribution in [2.75, 3.05) is 20.6 Å². The molecule has 112 valence electrons. The quantitative estimate of drug-likeness (QED) is 0.805. The molecule has 5 nitrogen and oxygen atoms in total. The molecule has 0 saturated carbocycles. The fourth-order valence-electron chi connectivity index (χ4n) is 2.08. The standard InChI is InChI=1S/C15H19N3O2S/c1-10(19)12-6-13(16-7-12)15(20)17-8-14(18(2)3)11-4-5-21-9-11/h4-7,9,14,16H,8H2,1-3H3,(H,17,20)/t14-/m0/s1. The Balaban J connectivity index is 2.00. The molecular formula is C15H19N3O2S. The molecule has 2 N–H and O–H groups in total. The number of amides is 1. The SMILES string of the molecule is CC(=O)c1c[nH]c(C(=O)NC[C@@H](c2ccsc2)N(C)C)c1. The molecule has 0 aliphatic carbocycles. The highest BCUT2D eigenvalue weighted by Crippen LogP contribution is 2.20. The molecule has 2 aromatic rings. The minimum absolute atomic E-state index is 0.0604. The summed E-state index contributed by atoms with van der Waals surface area (Å²) in [6.45, 7) is 1.99. The molecule has 0 aliphatic rings. The van der Waals surface area contributed by atoms with Gasteiger partial charge in [0.2, 0.25) is 0 Å². The number of thiophene rings is 1. The number of hydrogen-bond donors (Lipinski definition) is 2. The number of hydrogen-bond acceptors (Lipinski definition) is 4. The van der Waals surface area contributed by atoms with E-state index in [0.29, 0.717) is 17.8 Å². The Morgan fingerprint density at radius 2 is 2.19 bits per heavy atom. The molecule has 1 amide bonds. The molecular weight excluding hydrogens is 286 g/mol. The lowest BCUT2D eigenvalue weighted by molar-refractivity contribution is 0.0937. The maximum absolute atomic E-state index is 12.1. The average molecular weight is 305 g/mol. The van der Waals surface area contributed by atoms with Crippen LogP contribution in [0.25, 0.3) is 0 Å². The van der Waals surface area contributed by atoms with Crippen LogP contribution >= 0.6 is 11.3 Å². The lowest BCUT2D eigenvalue weighted by atomic mass is 10.1. The van der Waals surface area contributed by atoms with Gasteiger partial charge in [-0.05, 0) is 49.5 Å². The van der Waals surface area contributed by atoms with Gasteiger partial charge in [-0.2, -0.15) is 11.3 Å². The maximum Gasteiger partial charge on any atom is 0.267 e. The Kier molecular flexibility index (Phi) is 4.93. The van der Waals surface area contributed by atoms with E-state index in [1.54, 1.807) is 23.6 Å². The van der Waals surface area contributed by atoms with Crippen molar-refractivity contribution < 1.29 is 9.59 Å². The summed E-state index contributed by atoms with van der Waals surface area (Å²) in [5.41, 5.74) is 2.10. The minimum Gasteiger partial charge on any atom is -0.356 e. The summed E-state index contributed by atoms with van der Waals surface area (Å²) in [4.78, 5) is 28.2. The van der Waals surface area contributed by atoms with E-state index in [1.807, 2.05) is 19.5 Å². The van der Waals surface area contributed by atoms with Gasteiger partial charge in [0, 0.05) is 18.3 Å². The van der Waals surface area contributed by atoms with Crippen LogP contribution in [-0.4, -0.2) is 42.2 Å². The van der Waals surface area contributed by atoms with E-state index >= 15 is 0 Å². The number of aromatic amines is 1. The van der Waals surface area contributed by atoms with Crippen molar-refractivity contribution in [1.29, 1.82) is 0 Å². The fourth-order valence-corrected chi connectivity index (χ4v) is 2.78. The van der Waals surface area contributed by atoms with Gasteiger partial charge in [-0.1, -0.05) is 0 Å². The second-order valence-corrected chi connectivity index (χ2v) is 5.88. The van der Waals surface area contributed by atoms with Crippen molar-refractivity contribution in [2.45, 2.75) is 13.0 Å². The van der Waals surface area contributed by atoms with Crippen molar-refractivity contribution in [2.24, 2.45) is 0 Å². The molecule has 0 fully saturated rings. The molecule has 0 spiro atoms. The van der Waals surface area contributed by atoms with Gasteiger partial charge in [-0.15, -0.1) is 0 Å². The van der Waals surface area contributed by atoms with Crippen molar-refractivity contribution >= 4 is 23.0 Å². The molecule has 1 atom stereocenters. The number of nitrogens with zero attached hydrogens (tertiary/aromatic N) is 1. The summed E-state index contributed by atoms with van der Waals surface area (Å²) < 4.78 is 0. The third kappa shape index (κ3) is 3.80. The van der Waals surface area contributed by atoms with Gasteiger partial charge in [-0.25, -0.2) is 0 Å². The number of nitrogens with one attached hydrogen (secondary N) is 2. The predicted molar refractivity (Wildman–Crippen MR) is 83.9 cm³/mol. The largest absolute Gasteiger partial charge is 0.356 e. The monoisotopic (exact) mass is 305 g/mol. The molecule has 6 heteroatoms. The molecule has 0 unspecified atom stereocenters. The highest BCUT2D eigenvalue weighted by atomic mass is 32.1. The second kappa shape index (κ2) is 6.69. The Bertz CT molecular complexity index is 617. The van der Waals surface area contributed by atoms with Crippen LogP contribution in [0.2, 0.25) is 0 Å². The van der Waals surface area contributed by atoms with E-state index in [-0.39, 0.29) is 17.7 Å². The molecule has 2 aromatic heterocycles. The van der Waals surface area contributed by atoms with E-state index in [9.17, 15) is 9.59 Å². The first-order valence-electron chi connectivity index (χ1n) is 6.65. The van der Waals surface area contributed by atoms with Gasteiger partial charge in [-0.3, -0.25) is 9.59 Å². The number of Topliss-reactive ketones (excluding diaryl/α,β-unsaturated/α-hetero) is 1. The highest BCUT2D eigenvalue weighted by molar-refractivity contribution is 7.07. The summed E-state index contributed by atoms with van der Waals surface area (Å²) in [5, 5.41) is 7.01. The Labute approximate surface area is 128 Å². The molecule has 0 saturated heterocycles. The zero-order valence-corrected chi connectivity index (χ0v) is 13.2. The zero-order valence-electron chi connectivity index (χ0n) is 12.3. The first-order valence-corrected chi connectivity index (χ1v) is 7.59. The van der Waals surface area contributed by atoms with Crippen molar-refractivity contribution in [1.82, 2.24) is 15.2 Å². The topological polar surface area (TPSA) is 65.2 Å². The van der Waals surface area contributed by atoms with Crippen LogP contribution in [0.15, 0.2) is 29.1 Å². The van der Waals surface area contributed by atoms with Crippen LogP contribution in [0.5, 0.6) is 0 Å². The van der Waals surface area contributed by atoms with Crippen LogP contribution in [-0.2, 0) is 0 Å². The predicted octanol–water partition coefficient (Wildman–Crippen LogP) is 2.31. The summed E-state index contributed by atoms with van der Waals surface area (Å²) in [6.07, 6.45) is 1.56. The number of rotatable bonds is 6. The van der Waals surface area contributed by atoms with Gasteiger partial charge in [0.15, 0.2) is 5.78 Å². The summed E-state index contributed by atoms with van der Waals surface area (Å²) in [5.74, 6) is -0.265. The van der Waals surface area contributed by atoms with Gasteiger partial charge in [0.25, 0.3) is 5.91 Å². The van der Waals surface area contributed by atoms with E-state index in [4.69, 9.17) is 0 Å². The van der Waals surface area contributed by atoms with Gasteiger partial charge >= 0.3 is 0 Å². The van der Waals surface area contributed by atoms with Gasteiger partial charge in [0.05, 0.1) is 6.04 Å². The first-order chi connectivity index (χ1) is 9.99. The van der Waals surface area contributed by atoms with E-state index in [2.05, 4.69) is 26.6 Å². The molecule has 0 radical (unpaired) electrons. The molecule has 2 rings (SSSR count). The molecule has 21 heavy (non-hydrogen) atoms. The number of H-pyrrole nitrogens is 1. The Morgan fingerprint density at radius 1 is 1.43 bits per heavy atom. The Morgan fingerprint density at radius 3 is 2.71 bits per heavy atom. The third-order valence-electron chi connectivity index (χ3n) is 3.34. The van der Waals surface area contributed by atoms with Crippen LogP contribution < -0.4 is 5.32 Å². The fraction of sp³-hybridized carbons (Fsp3) is 0.333. The highest BCUT2D eigenvalue weighted by Gasteiger charge is 2.17. The summed E-state index contributed by atoms with van der Waals surface area (Å²) in [7, 11) is 3.97. The maximum atomic E-state index is 12.1. The zero-order chi connectivity index (χ0) is 15.4. The summed E-state index contributed by atoms with van der Waals surface area (Å²) >= 11 is 1.64. The summed E-state index contributed by atoms with van der Waals surface area (Å²) in [6, 6.07) is 3.76. The number of carbonyl (C=O) groups excluding carboxylic acids is 2. The van der Waals surface area contributed by atoms with E-state index in [1.165, 1.54) is 12.5 Å². The smallest absolute Gasteiger partial charge is 0.267 e. The van der Waals surface area contributed by atoms with E-state index in [0.717, 1.165) is 0 Å². The molecule has 2 heterocycles. The normalized spacial score (nSPS) is 12.4. The number of carbonyl (C=O) groups is 2. The van der Waals surface area contributed by atoms with E-state index < -0.39 is 0 Å². The van der Waals surface area contributed by atoms with Crippen molar-refractivity contribution in [3.8, 4) is 0 Å². The minimum atomic E-state index is -0.204. The van der Waals surface area contributed by atoms with Crippen LogP contribution in [0.4, 0.5) is 0 Å². The van der Waals surface area contributed by atoms with Crippen LogP contribution in [0.1, 0.15) is 39.4 Å². The number of ketones is 1. The lowest BCUT2D eigenvalue weighted by Crippen LogP contribution is -2.34. The number of aromatic nitrogens is 1. The van der Waals surface area contributed by atoms with Gasteiger partial charge < -0.3 is 15.2 Å². The molecule has 0 bridgehead atoms. The van der Waals surface area contributed by atoms with Crippen molar-refractivity contribution in [3.63, 3.8) is 0 Å². The third-order valence-corrected chi connectivity index (χ3v) is 4.04.